The van der Waals surface area contributed by atoms with Gasteiger partial charge in [-0.1, -0.05) is 6.07 Å². The third-order valence-corrected chi connectivity index (χ3v) is 3.72. The van der Waals surface area contributed by atoms with E-state index in [0.29, 0.717) is 17.6 Å². The first-order valence-corrected chi connectivity index (χ1v) is 7.18. The first-order chi connectivity index (χ1) is 11.0. The number of rotatable bonds is 5. The van der Waals surface area contributed by atoms with Crippen molar-refractivity contribution in [3.8, 4) is 0 Å². The Morgan fingerprint density at radius 3 is 2.91 bits per heavy atom. The van der Waals surface area contributed by atoms with E-state index in [1.165, 1.54) is 4.57 Å². The highest BCUT2D eigenvalue weighted by Gasteiger charge is 2.11. The molecule has 1 amide bonds. The van der Waals surface area contributed by atoms with Gasteiger partial charge in [0.2, 0.25) is 0 Å². The molecule has 0 unspecified atom stereocenters. The SMILES string of the molecule is Cc1[nH]cnc1CNC(=O)c1ccc2ccn(CC(F)F)c2c1. The number of halogens is 2. The highest BCUT2D eigenvalue weighted by molar-refractivity contribution is 5.98. The van der Waals surface area contributed by atoms with Crippen LogP contribution in [-0.2, 0) is 13.1 Å². The summed E-state index contributed by atoms with van der Waals surface area (Å²) in [5.74, 6) is -0.265. The molecule has 2 N–H and O–H groups in total. The third-order valence-electron chi connectivity index (χ3n) is 3.72. The van der Waals surface area contributed by atoms with E-state index in [9.17, 15) is 13.6 Å². The van der Waals surface area contributed by atoms with E-state index < -0.39 is 6.43 Å². The molecule has 0 bridgehead atoms. The molecule has 0 radical (unpaired) electrons. The second kappa shape index (κ2) is 6.20. The Bertz CT molecular complexity index is 838. The second-order valence-electron chi connectivity index (χ2n) is 5.29. The van der Waals surface area contributed by atoms with Crippen molar-refractivity contribution in [3.63, 3.8) is 0 Å². The molecule has 0 aliphatic heterocycles. The van der Waals surface area contributed by atoms with Gasteiger partial charge in [0.25, 0.3) is 12.3 Å². The van der Waals surface area contributed by atoms with Gasteiger partial charge in [0, 0.05) is 23.0 Å². The summed E-state index contributed by atoms with van der Waals surface area (Å²) in [4.78, 5) is 19.3. The third kappa shape index (κ3) is 3.23. The van der Waals surface area contributed by atoms with Crippen LogP contribution in [0.15, 0.2) is 36.8 Å². The first kappa shape index (κ1) is 15.2. The van der Waals surface area contributed by atoms with Crippen molar-refractivity contribution in [2.24, 2.45) is 0 Å². The van der Waals surface area contributed by atoms with Crippen molar-refractivity contribution < 1.29 is 13.6 Å². The Kier molecular flexibility index (Phi) is 4.10. The number of H-pyrrole nitrogens is 1. The van der Waals surface area contributed by atoms with Crippen molar-refractivity contribution in [1.29, 1.82) is 0 Å². The molecule has 120 valence electrons. The zero-order valence-electron chi connectivity index (χ0n) is 12.5. The van der Waals surface area contributed by atoms with Crippen LogP contribution in [0.2, 0.25) is 0 Å². The van der Waals surface area contributed by atoms with Crippen LogP contribution in [0.25, 0.3) is 10.9 Å². The van der Waals surface area contributed by atoms with Crippen molar-refractivity contribution in [2.45, 2.75) is 26.4 Å². The lowest BCUT2D eigenvalue weighted by Gasteiger charge is -2.07. The van der Waals surface area contributed by atoms with Gasteiger partial charge in [0.15, 0.2) is 0 Å². The van der Waals surface area contributed by atoms with E-state index in [0.717, 1.165) is 16.8 Å². The molecule has 0 spiro atoms. The van der Waals surface area contributed by atoms with Crippen LogP contribution in [-0.4, -0.2) is 26.9 Å². The molecule has 0 saturated carbocycles. The fourth-order valence-electron chi connectivity index (χ4n) is 2.46. The van der Waals surface area contributed by atoms with Gasteiger partial charge in [-0.3, -0.25) is 4.79 Å². The quantitative estimate of drug-likeness (QED) is 0.760. The number of aryl methyl sites for hydroxylation is 1. The average molecular weight is 318 g/mol. The predicted molar refractivity (Wildman–Crippen MR) is 82.4 cm³/mol. The number of alkyl halides is 2. The summed E-state index contributed by atoms with van der Waals surface area (Å²) in [6.07, 6.45) is 0.733. The number of benzene rings is 1. The van der Waals surface area contributed by atoms with Crippen LogP contribution in [0.4, 0.5) is 8.78 Å². The summed E-state index contributed by atoms with van der Waals surface area (Å²) in [6, 6.07) is 6.82. The summed E-state index contributed by atoms with van der Waals surface area (Å²) in [5, 5.41) is 3.60. The second-order valence-corrected chi connectivity index (χ2v) is 5.29. The number of aromatic amines is 1. The zero-order valence-corrected chi connectivity index (χ0v) is 12.5. The maximum Gasteiger partial charge on any atom is 0.256 e. The largest absolute Gasteiger partial charge is 0.348 e. The monoisotopic (exact) mass is 318 g/mol. The topological polar surface area (TPSA) is 62.7 Å². The number of amides is 1. The van der Waals surface area contributed by atoms with E-state index in [2.05, 4.69) is 15.3 Å². The fraction of sp³-hybridized carbons (Fsp3) is 0.250. The molecule has 2 heterocycles. The molecule has 5 nitrogen and oxygen atoms in total. The number of hydrogen-bond donors (Lipinski definition) is 2. The number of carbonyl (C=O) groups is 1. The van der Waals surface area contributed by atoms with Gasteiger partial charge in [-0.2, -0.15) is 0 Å². The van der Waals surface area contributed by atoms with Crippen molar-refractivity contribution in [3.05, 3.63) is 53.7 Å². The van der Waals surface area contributed by atoms with Crippen molar-refractivity contribution in [2.75, 3.05) is 0 Å². The number of nitrogens with zero attached hydrogens (tertiary/aromatic N) is 2. The minimum absolute atomic E-state index is 0.265. The molecule has 0 aliphatic carbocycles. The standard InChI is InChI=1S/C16H16F2N4O/c1-10-13(21-9-20-10)7-19-16(23)12-3-2-11-4-5-22(8-15(17)18)14(11)6-12/h2-6,9,15H,7-8H2,1H3,(H,19,23)(H,20,21). The maximum absolute atomic E-state index is 12.6. The Morgan fingerprint density at radius 1 is 1.39 bits per heavy atom. The van der Waals surface area contributed by atoms with E-state index in [1.54, 1.807) is 36.8 Å². The van der Waals surface area contributed by atoms with Gasteiger partial charge in [0.05, 0.1) is 25.1 Å². The molecule has 7 heteroatoms. The average Bonchev–Trinajstić information content (AvgIpc) is 3.10. The van der Waals surface area contributed by atoms with E-state index in [1.807, 2.05) is 6.92 Å². The Hall–Kier alpha value is -2.70. The molecule has 0 atom stereocenters. The highest BCUT2D eigenvalue weighted by Crippen LogP contribution is 2.19. The van der Waals surface area contributed by atoms with E-state index in [-0.39, 0.29) is 12.5 Å². The first-order valence-electron chi connectivity index (χ1n) is 7.18. The Balaban J connectivity index is 1.79. The lowest BCUT2D eigenvalue weighted by molar-refractivity contribution is 0.0950. The molecule has 2 aromatic heterocycles. The van der Waals surface area contributed by atoms with Crippen LogP contribution >= 0.6 is 0 Å². The molecule has 3 aromatic rings. The predicted octanol–water partition coefficient (Wildman–Crippen LogP) is 2.87. The Morgan fingerprint density at radius 2 is 2.22 bits per heavy atom. The number of carbonyl (C=O) groups excluding carboxylic acids is 1. The Labute approximate surface area is 131 Å². The minimum Gasteiger partial charge on any atom is -0.348 e. The maximum atomic E-state index is 12.6. The lowest BCUT2D eigenvalue weighted by atomic mass is 10.1. The molecule has 0 saturated heterocycles. The van der Waals surface area contributed by atoms with Crippen molar-refractivity contribution in [1.82, 2.24) is 19.9 Å². The van der Waals surface area contributed by atoms with Crippen LogP contribution < -0.4 is 5.32 Å². The summed E-state index contributed by atoms with van der Waals surface area (Å²) in [5.41, 5.74) is 2.71. The molecule has 3 rings (SSSR count). The van der Waals surface area contributed by atoms with E-state index >= 15 is 0 Å². The summed E-state index contributed by atoms with van der Waals surface area (Å²) in [6.45, 7) is 1.79. The van der Waals surface area contributed by atoms with Crippen LogP contribution in [0.5, 0.6) is 0 Å². The lowest BCUT2D eigenvalue weighted by Crippen LogP contribution is -2.23. The molecule has 0 fully saturated rings. The number of imidazole rings is 1. The fourth-order valence-corrected chi connectivity index (χ4v) is 2.46. The summed E-state index contributed by atoms with van der Waals surface area (Å²) >= 11 is 0. The molecule has 23 heavy (non-hydrogen) atoms. The molecule has 1 aromatic carbocycles. The van der Waals surface area contributed by atoms with Crippen molar-refractivity contribution >= 4 is 16.8 Å². The highest BCUT2D eigenvalue weighted by atomic mass is 19.3. The van der Waals surface area contributed by atoms with Gasteiger partial charge >= 0.3 is 0 Å². The summed E-state index contributed by atoms with van der Waals surface area (Å²) < 4.78 is 26.6. The summed E-state index contributed by atoms with van der Waals surface area (Å²) in [7, 11) is 0. The number of aromatic nitrogens is 3. The molecular formula is C16H16F2N4O. The van der Waals surface area contributed by atoms with E-state index in [4.69, 9.17) is 0 Å². The van der Waals surface area contributed by atoms with Gasteiger partial charge in [-0.15, -0.1) is 0 Å². The number of fused-ring (bicyclic) bond motifs is 1. The smallest absolute Gasteiger partial charge is 0.256 e. The number of nitrogens with one attached hydrogen (secondary N) is 2. The van der Waals surface area contributed by atoms with Gasteiger partial charge in [-0.05, 0) is 30.5 Å². The molecular weight excluding hydrogens is 302 g/mol. The van der Waals surface area contributed by atoms with Gasteiger partial charge in [0.1, 0.15) is 0 Å². The van der Waals surface area contributed by atoms with Crippen LogP contribution in [0.1, 0.15) is 21.7 Å². The number of hydrogen-bond acceptors (Lipinski definition) is 2. The van der Waals surface area contributed by atoms with Gasteiger partial charge < -0.3 is 14.9 Å². The van der Waals surface area contributed by atoms with Crippen LogP contribution in [0, 0.1) is 6.92 Å². The van der Waals surface area contributed by atoms with Crippen LogP contribution in [0.3, 0.4) is 0 Å². The zero-order chi connectivity index (χ0) is 16.4. The van der Waals surface area contributed by atoms with Gasteiger partial charge in [-0.25, -0.2) is 13.8 Å². The molecule has 0 aliphatic rings. The minimum atomic E-state index is -2.44. The normalized spacial score (nSPS) is 11.3.